The number of nitrogens with zero attached hydrogens (tertiary/aromatic N) is 4. The second-order valence-electron chi connectivity index (χ2n) is 9.65. The number of hydrogen-bond donors (Lipinski definition) is 1. The Morgan fingerprint density at radius 3 is 2.51 bits per heavy atom. The lowest BCUT2D eigenvalue weighted by Gasteiger charge is -2.33. The van der Waals surface area contributed by atoms with Crippen LogP contribution in [0.2, 0.25) is 0 Å². The van der Waals surface area contributed by atoms with Crippen molar-refractivity contribution in [2.24, 2.45) is 0 Å². The third kappa shape index (κ3) is 7.11. The summed E-state index contributed by atoms with van der Waals surface area (Å²) in [6.07, 6.45) is 0.515. The van der Waals surface area contributed by atoms with Gasteiger partial charge in [0.25, 0.3) is 0 Å². The molecule has 1 fully saturated rings. The van der Waals surface area contributed by atoms with Crippen LogP contribution < -0.4 is 9.47 Å². The van der Waals surface area contributed by atoms with Crippen LogP contribution in [-0.2, 0) is 11.3 Å². The molecular weight excluding hydrogens is 468 g/mol. The normalized spacial score (nSPS) is 16.1. The highest BCUT2D eigenvalue weighted by atomic mass is 16.5. The van der Waals surface area contributed by atoms with Gasteiger partial charge in [0, 0.05) is 44.8 Å². The third-order valence-corrected chi connectivity index (χ3v) is 6.99. The van der Waals surface area contributed by atoms with Crippen molar-refractivity contribution < 1.29 is 19.3 Å². The minimum Gasteiger partial charge on any atom is -0.497 e. The van der Waals surface area contributed by atoms with Gasteiger partial charge in [-0.3, -0.25) is 9.80 Å². The Hall–Kier alpha value is -2.91. The summed E-state index contributed by atoms with van der Waals surface area (Å²) < 4.78 is 19.2. The number of aryl methyl sites for hydroxylation is 1. The van der Waals surface area contributed by atoms with Crippen LogP contribution in [0.1, 0.15) is 31.5 Å². The number of aliphatic hydroxyl groups excluding tert-OH is 1. The highest BCUT2D eigenvalue weighted by molar-refractivity contribution is 5.44. The number of para-hydroxylation sites is 1. The third-order valence-electron chi connectivity index (χ3n) is 6.99. The minimum absolute atomic E-state index is 0.281. The summed E-state index contributed by atoms with van der Waals surface area (Å²) in [5, 5.41) is 15.9. The van der Waals surface area contributed by atoms with Gasteiger partial charge in [-0.15, -0.1) is 0 Å². The van der Waals surface area contributed by atoms with Crippen molar-refractivity contribution in [3.63, 3.8) is 0 Å². The number of benzene rings is 2. The van der Waals surface area contributed by atoms with Gasteiger partial charge in [0.05, 0.1) is 43.4 Å². The molecule has 0 bridgehead atoms. The van der Waals surface area contributed by atoms with Crippen LogP contribution in [-0.4, -0.2) is 83.3 Å². The Kier molecular flexibility index (Phi) is 9.57. The van der Waals surface area contributed by atoms with Gasteiger partial charge in [-0.25, -0.2) is 4.68 Å². The van der Waals surface area contributed by atoms with E-state index < -0.39 is 6.10 Å². The fraction of sp³-hybridized carbons (Fsp3) is 0.483. The maximum absolute atomic E-state index is 11.0. The van der Waals surface area contributed by atoms with Crippen molar-refractivity contribution in [3.8, 4) is 23.1 Å². The van der Waals surface area contributed by atoms with Crippen LogP contribution in [0.5, 0.6) is 17.4 Å². The molecule has 1 aliphatic rings. The molecule has 2 heterocycles. The van der Waals surface area contributed by atoms with E-state index in [2.05, 4.69) is 23.6 Å². The topological polar surface area (TPSA) is 72.2 Å². The maximum Gasteiger partial charge on any atom is 0.227 e. The van der Waals surface area contributed by atoms with Crippen LogP contribution in [0, 0.1) is 6.92 Å². The predicted octanol–water partition coefficient (Wildman–Crippen LogP) is 4.28. The zero-order valence-electron chi connectivity index (χ0n) is 22.5. The first kappa shape index (κ1) is 27.1. The Balaban J connectivity index is 1.63. The molecule has 0 unspecified atom stereocenters. The maximum atomic E-state index is 11.0. The highest BCUT2D eigenvalue weighted by Gasteiger charge is 2.25. The Labute approximate surface area is 220 Å². The highest BCUT2D eigenvalue weighted by Crippen LogP contribution is 2.33. The van der Waals surface area contributed by atoms with Crippen LogP contribution in [0.4, 0.5) is 0 Å². The van der Waals surface area contributed by atoms with Gasteiger partial charge in [-0.1, -0.05) is 31.2 Å². The summed E-state index contributed by atoms with van der Waals surface area (Å²) >= 11 is 0. The monoisotopic (exact) mass is 508 g/mol. The number of aromatic nitrogens is 2. The van der Waals surface area contributed by atoms with Crippen molar-refractivity contribution >= 4 is 0 Å². The van der Waals surface area contributed by atoms with E-state index in [1.165, 1.54) is 0 Å². The van der Waals surface area contributed by atoms with E-state index in [1.54, 1.807) is 7.11 Å². The van der Waals surface area contributed by atoms with Gasteiger partial charge in [0.2, 0.25) is 5.88 Å². The molecule has 0 spiro atoms. The molecule has 0 saturated carbocycles. The molecule has 1 N–H and O–H groups in total. The zero-order valence-corrected chi connectivity index (χ0v) is 22.5. The number of rotatable bonds is 12. The SMILES string of the molecule is CC[C@@H](C)N(Cc1c(C)nn(-c2ccccc2)c1Oc1cccc(OC)c1)C[C@@H](O)CN1CCOCC1. The standard InChI is InChI=1S/C29H40N4O4/c1-5-22(2)32(20-25(34)19-31-14-16-36-17-15-31)21-28-23(3)30-33(24-10-7-6-8-11-24)29(28)37-27-13-9-12-26(18-27)35-4/h6-13,18,22,25,34H,5,14-17,19-21H2,1-4H3/t22-,25+/m1/s1. The second kappa shape index (κ2) is 13.1. The molecule has 1 saturated heterocycles. The van der Waals surface area contributed by atoms with Crippen LogP contribution in [0.25, 0.3) is 5.69 Å². The molecule has 2 aromatic carbocycles. The smallest absolute Gasteiger partial charge is 0.227 e. The van der Waals surface area contributed by atoms with Crippen molar-refractivity contribution in [2.45, 2.75) is 45.9 Å². The van der Waals surface area contributed by atoms with Gasteiger partial charge >= 0.3 is 0 Å². The minimum atomic E-state index is -0.459. The molecule has 1 aliphatic heterocycles. The molecular formula is C29H40N4O4. The summed E-state index contributed by atoms with van der Waals surface area (Å²) in [6, 6.07) is 17.9. The summed E-state index contributed by atoms with van der Waals surface area (Å²) in [6.45, 7) is 11.4. The summed E-state index contributed by atoms with van der Waals surface area (Å²) in [5.41, 5.74) is 2.83. The van der Waals surface area contributed by atoms with E-state index in [4.69, 9.17) is 19.3 Å². The van der Waals surface area contributed by atoms with Crippen molar-refractivity contribution in [1.82, 2.24) is 19.6 Å². The first-order valence-corrected chi connectivity index (χ1v) is 13.2. The van der Waals surface area contributed by atoms with Crippen LogP contribution >= 0.6 is 0 Å². The molecule has 37 heavy (non-hydrogen) atoms. The Bertz CT molecular complexity index is 1110. The molecule has 200 valence electrons. The predicted molar refractivity (Wildman–Crippen MR) is 145 cm³/mol. The molecule has 0 aliphatic carbocycles. The molecule has 1 aromatic heterocycles. The first-order chi connectivity index (χ1) is 18.0. The van der Waals surface area contributed by atoms with Gasteiger partial charge in [-0.05, 0) is 44.5 Å². The molecule has 2 atom stereocenters. The number of methoxy groups -OCH3 is 1. The van der Waals surface area contributed by atoms with Crippen LogP contribution in [0.15, 0.2) is 54.6 Å². The molecule has 3 aromatic rings. The van der Waals surface area contributed by atoms with E-state index in [0.29, 0.717) is 31.3 Å². The lowest BCUT2D eigenvalue weighted by molar-refractivity contribution is 0.00243. The fourth-order valence-corrected chi connectivity index (χ4v) is 4.62. The number of ether oxygens (including phenoxy) is 3. The van der Waals surface area contributed by atoms with E-state index in [-0.39, 0.29) is 6.04 Å². The number of hydrogen-bond acceptors (Lipinski definition) is 7. The molecule has 0 amide bonds. The van der Waals surface area contributed by atoms with Crippen molar-refractivity contribution in [2.75, 3.05) is 46.5 Å². The largest absolute Gasteiger partial charge is 0.497 e. The van der Waals surface area contributed by atoms with E-state index >= 15 is 0 Å². The lowest BCUT2D eigenvalue weighted by atomic mass is 10.1. The van der Waals surface area contributed by atoms with Gasteiger partial charge in [0.1, 0.15) is 11.5 Å². The van der Waals surface area contributed by atoms with Gasteiger partial charge in [-0.2, -0.15) is 5.10 Å². The first-order valence-electron chi connectivity index (χ1n) is 13.2. The van der Waals surface area contributed by atoms with Crippen LogP contribution in [0.3, 0.4) is 0 Å². The molecule has 4 rings (SSSR count). The zero-order chi connectivity index (χ0) is 26.2. The quantitative estimate of drug-likeness (QED) is 0.392. The molecule has 8 nitrogen and oxygen atoms in total. The van der Waals surface area contributed by atoms with Gasteiger partial charge in [0.15, 0.2) is 0 Å². The van der Waals surface area contributed by atoms with E-state index in [1.807, 2.05) is 66.2 Å². The molecule has 0 radical (unpaired) electrons. The average Bonchev–Trinajstić information content (AvgIpc) is 3.23. The summed E-state index contributed by atoms with van der Waals surface area (Å²) in [7, 11) is 1.65. The summed E-state index contributed by atoms with van der Waals surface area (Å²) in [5.74, 6) is 2.09. The Morgan fingerprint density at radius 1 is 1.08 bits per heavy atom. The average molecular weight is 509 g/mol. The molecule has 8 heteroatoms. The fourth-order valence-electron chi connectivity index (χ4n) is 4.62. The lowest BCUT2D eigenvalue weighted by Crippen LogP contribution is -2.46. The van der Waals surface area contributed by atoms with E-state index in [0.717, 1.165) is 55.4 Å². The van der Waals surface area contributed by atoms with Crippen molar-refractivity contribution in [3.05, 3.63) is 65.9 Å². The number of morpholine rings is 1. The van der Waals surface area contributed by atoms with E-state index in [9.17, 15) is 5.11 Å². The van der Waals surface area contributed by atoms with Gasteiger partial charge < -0.3 is 19.3 Å². The number of β-amino-alcohol motifs (C(OH)–C–C–N with tert-alkyl or cyclic N) is 1. The summed E-state index contributed by atoms with van der Waals surface area (Å²) in [4.78, 5) is 4.61. The number of aliphatic hydroxyl groups is 1. The second-order valence-corrected chi connectivity index (χ2v) is 9.65. The van der Waals surface area contributed by atoms with Crippen molar-refractivity contribution in [1.29, 1.82) is 0 Å². The Morgan fingerprint density at radius 2 is 1.81 bits per heavy atom.